The maximum absolute atomic E-state index is 12.3. The molecule has 1 aromatic carbocycles. The molecule has 2 fully saturated rings. The molecule has 1 aromatic rings. The lowest BCUT2D eigenvalue weighted by Gasteiger charge is -2.32. The van der Waals surface area contributed by atoms with E-state index in [4.69, 9.17) is 18.9 Å². The summed E-state index contributed by atoms with van der Waals surface area (Å²) >= 11 is 0. The quantitative estimate of drug-likeness (QED) is 0.745. The normalized spacial score (nSPS) is 21.4. The van der Waals surface area contributed by atoms with Crippen LogP contribution in [0.2, 0.25) is 0 Å². The largest absolute Gasteiger partial charge is 0.497 e. The molecule has 26 heavy (non-hydrogen) atoms. The van der Waals surface area contributed by atoms with E-state index in [9.17, 15) is 4.79 Å². The lowest BCUT2D eigenvalue weighted by molar-refractivity contribution is -0.140. The SMILES string of the molecule is COc1ccc(OC2CCN(C(=O)COC[C@@H]3CCCCO3)CC2)cc1. The number of amides is 1. The lowest BCUT2D eigenvalue weighted by atomic mass is 10.1. The Balaban J connectivity index is 1.33. The Labute approximate surface area is 155 Å². The van der Waals surface area contributed by atoms with Crippen molar-refractivity contribution in [3.63, 3.8) is 0 Å². The van der Waals surface area contributed by atoms with Gasteiger partial charge in [0.05, 0.1) is 19.8 Å². The standard InChI is InChI=1S/C20H29NO5/c1-23-16-5-7-17(8-6-16)26-18-9-11-21(12-10-18)20(22)15-24-14-19-4-2-3-13-25-19/h5-8,18-19H,2-4,9-15H2,1H3/t19-/m0/s1. The zero-order valence-corrected chi connectivity index (χ0v) is 15.5. The third kappa shape index (κ3) is 5.61. The van der Waals surface area contributed by atoms with Crippen molar-refractivity contribution in [1.29, 1.82) is 0 Å². The van der Waals surface area contributed by atoms with Crippen molar-refractivity contribution < 1.29 is 23.7 Å². The monoisotopic (exact) mass is 363 g/mol. The van der Waals surface area contributed by atoms with E-state index in [1.165, 1.54) is 6.42 Å². The van der Waals surface area contributed by atoms with Crippen molar-refractivity contribution in [1.82, 2.24) is 4.90 Å². The number of carbonyl (C=O) groups excluding carboxylic acids is 1. The molecule has 0 aromatic heterocycles. The molecule has 2 aliphatic rings. The summed E-state index contributed by atoms with van der Waals surface area (Å²) in [5.74, 6) is 1.71. The predicted octanol–water partition coefficient (Wildman–Crippen LogP) is 2.65. The summed E-state index contributed by atoms with van der Waals surface area (Å²) in [4.78, 5) is 14.2. The molecule has 0 N–H and O–H groups in total. The average Bonchev–Trinajstić information content (AvgIpc) is 2.70. The number of carbonyl (C=O) groups is 1. The fraction of sp³-hybridized carbons (Fsp3) is 0.650. The highest BCUT2D eigenvalue weighted by atomic mass is 16.5. The van der Waals surface area contributed by atoms with Crippen molar-refractivity contribution in [2.75, 3.05) is 40.0 Å². The van der Waals surface area contributed by atoms with Crippen molar-refractivity contribution in [2.45, 2.75) is 44.3 Å². The van der Waals surface area contributed by atoms with E-state index in [2.05, 4.69) is 0 Å². The summed E-state index contributed by atoms with van der Waals surface area (Å²) in [6.45, 7) is 2.89. The topological polar surface area (TPSA) is 57.2 Å². The van der Waals surface area contributed by atoms with Crippen LogP contribution in [0.1, 0.15) is 32.1 Å². The first-order valence-corrected chi connectivity index (χ1v) is 9.52. The van der Waals surface area contributed by atoms with Crippen LogP contribution in [0.25, 0.3) is 0 Å². The molecule has 0 unspecified atom stereocenters. The summed E-state index contributed by atoms with van der Waals surface area (Å²) in [7, 11) is 1.65. The highest BCUT2D eigenvalue weighted by molar-refractivity contribution is 5.77. The molecule has 1 atom stereocenters. The van der Waals surface area contributed by atoms with Gasteiger partial charge in [0, 0.05) is 32.5 Å². The van der Waals surface area contributed by atoms with E-state index >= 15 is 0 Å². The second-order valence-electron chi connectivity index (χ2n) is 6.88. The number of rotatable bonds is 7. The van der Waals surface area contributed by atoms with Crippen LogP contribution in [0, 0.1) is 0 Å². The minimum absolute atomic E-state index is 0.0590. The van der Waals surface area contributed by atoms with Crippen LogP contribution in [0.5, 0.6) is 11.5 Å². The Kier molecular flexibility index (Phi) is 7.14. The van der Waals surface area contributed by atoms with Crippen molar-refractivity contribution in [2.24, 2.45) is 0 Å². The first kappa shape index (κ1) is 19.0. The number of piperidine rings is 1. The molecule has 0 saturated carbocycles. The molecule has 2 heterocycles. The van der Waals surface area contributed by atoms with Crippen LogP contribution < -0.4 is 9.47 Å². The summed E-state index contributed by atoms with van der Waals surface area (Å²) in [5, 5.41) is 0. The van der Waals surface area contributed by atoms with E-state index < -0.39 is 0 Å². The maximum Gasteiger partial charge on any atom is 0.248 e. The molecular formula is C20H29NO5. The molecule has 6 nitrogen and oxygen atoms in total. The summed E-state index contributed by atoms with van der Waals surface area (Å²) in [5.41, 5.74) is 0. The van der Waals surface area contributed by atoms with Crippen LogP contribution in [0.4, 0.5) is 0 Å². The Morgan fingerprint density at radius 2 is 1.85 bits per heavy atom. The summed E-state index contributed by atoms with van der Waals surface area (Å²) in [6, 6.07) is 7.61. The Hall–Kier alpha value is -1.79. The van der Waals surface area contributed by atoms with E-state index in [0.29, 0.717) is 19.7 Å². The van der Waals surface area contributed by atoms with Gasteiger partial charge in [-0.2, -0.15) is 0 Å². The highest BCUT2D eigenvalue weighted by Crippen LogP contribution is 2.22. The minimum Gasteiger partial charge on any atom is -0.497 e. The molecule has 0 bridgehead atoms. The molecule has 2 aliphatic heterocycles. The Morgan fingerprint density at radius 1 is 1.12 bits per heavy atom. The molecule has 0 radical (unpaired) electrons. The molecule has 0 aliphatic carbocycles. The first-order chi connectivity index (χ1) is 12.7. The summed E-state index contributed by atoms with van der Waals surface area (Å²) in [6.07, 6.45) is 5.31. The van der Waals surface area contributed by atoms with Crippen LogP contribution >= 0.6 is 0 Å². The smallest absolute Gasteiger partial charge is 0.248 e. The number of nitrogens with zero attached hydrogens (tertiary/aromatic N) is 1. The fourth-order valence-corrected chi connectivity index (χ4v) is 3.38. The van der Waals surface area contributed by atoms with E-state index in [-0.39, 0.29) is 24.7 Å². The zero-order chi connectivity index (χ0) is 18.2. The van der Waals surface area contributed by atoms with E-state index in [1.807, 2.05) is 29.2 Å². The van der Waals surface area contributed by atoms with Gasteiger partial charge in [0.1, 0.15) is 24.2 Å². The predicted molar refractivity (Wildman–Crippen MR) is 97.6 cm³/mol. The van der Waals surface area contributed by atoms with Gasteiger partial charge in [0.2, 0.25) is 5.91 Å². The highest BCUT2D eigenvalue weighted by Gasteiger charge is 2.24. The van der Waals surface area contributed by atoms with Crippen molar-refractivity contribution >= 4 is 5.91 Å². The summed E-state index contributed by atoms with van der Waals surface area (Å²) < 4.78 is 22.3. The van der Waals surface area contributed by atoms with Crippen LogP contribution in [-0.4, -0.2) is 63.0 Å². The second kappa shape index (κ2) is 9.78. The van der Waals surface area contributed by atoms with Crippen LogP contribution in [0.3, 0.4) is 0 Å². The van der Waals surface area contributed by atoms with Crippen LogP contribution in [0.15, 0.2) is 24.3 Å². The van der Waals surface area contributed by atoms with Gasteiger partial charge < -0.3 is 23.8 Å². The second-order valence-corrected chi connectivity index (χ2v) is 6.88. The molecule has 0 spiro atoms. The molecule has 3 rings (SSSR count). The van der Waals surface area contributed by atoms with Crippen molar-refractivity contribution in [3.8, 4) is 11.5 Å². The molecule has 6 heteroatoms. The first-order valence-electron chi connectivity index (χ1n) is 9.52. The zero-order valence-electron chi connectivity index (χ0n) is 15.5. The number of hydrogen-bond acceptors (Lipinski definition) is 5. The Bertz CT molecular complexity index is 548. The third-order valence-electron chi connectivity index (χ3n) is 4.96. The van der Waals surface area contributed by atoms with Gasteiger partial charge >= 0.3 is 0 Å². The molecule has 1 amide bonds. The Morgan fingerprint density at radius 3 is 2.50 bits per heavy atom. The lowest BCUT2D eigenvalue weighted by Crippen LogP contribution is -2.43. The van der Waals surface area contributed by atoms with Gasteiger partial charge in [-0.25, -0.2) is 0 Å². The fourth-order valence-electron chi connectivity index (χ4n) is 3.38. The molecular weight excluding hydrogens is 334 g/mol. The van der Waals surface area contributed by atoms with Gasteiger partial charge in [-0.3, -0.25) is 4.79 Å². The van der Waals surface area contributed by atoms with Gasteiger partial charge in [-0.1, -0.05) is 0 Å². The van der Waals surface area contributed by atoms with Gasteiger partial charge in [-0.15, -0.1) is 0 Å². The minimum atomic E-state index is 0.0590. The number of hydrogen-bond donors (Lipinski definition) is 0. The maximum atomic E-state index is 12.3. The van der Waals surface area contributed by atoms with Gasteiger partial charge in [0.25, 0.3) is 0 Å². The van der Waals surface area contributed by atoms with Gasteiger partial charge in [0.15, 0.2) is 0 Å². The van der Waals surface area contributed by atoms with Crippen LogP contribution in [-0.2, 0) is 14.3 Å². The number of ether oxygens (including phenoxy) is 4. The van der Waals surface area contributed by atoms with Crippen molar-refractivity contribution in [3.05, 3.63) is 24.3 Å². The number of methoxy groups -OCH3 is 1. The molecule has 2 saturated heterocycles. The van der Waals surface area contributed by atoms with E-state index in [1.54, 1.807) is 7.11 Å². The average molecular weight is 363 g/mol. The van der Waals surface area contributed by atoms with E-state index in [0.717, 1.165) is 43.8 Å². The van der Waals surface area contributed by atoms with Gasteiger partial charge in [-0.05, 0) is 43.5 Å². The molecule has 144 valence electrons. The third-order valence-corrected chi connectivity index (χ3v) is 4.96. The number of benzene rings is 1. The number of likely N-dealkylation sites (tertiary alicyclic amines) is 1.